The van der Waals surface area contributed by atoms with Gasteiger partial charge in [-0.3, -0.25) is 0 Å². The van der Waals surface area contributed by atoms with Gasteiger partial charge in [0.1, 0.15) is 18.2 Å². The number of nitrogens with zero attached hydrogens (tertiary/aromatic N) is 1. The van der Waals surface area contributed by atoms with Crippen molar-refractivity contribution < 1.29 is 9.53 Å². The van der Waals surface area contributed by atoms with Crippen molar-refractivity contribution in [3.05, 3.63) is 66.3 Å². The molecule has 18 heavy (non-hydrogen) atoms. The molecule has 0 spiro atoms. The van der Waals surface area contributed by atoms with E-state index in [1.165, 1.54) is 12.2 Å². The van der Waals surface area contributed by atoms with Crippen molar-refractivity contribution in [3.63, 3.8) is 0 Å². The van der Waals surface area contributed by atoms with Crippen LogP contribution in [-0.4, -0.2) is 12.6 Å². The van der Waals surface area contributed by atoms with Crippen LogP contribution in [0.25, 0.3) is 6.08 Å². The van der Waals surface area contributed by atoms with Gasteiger partial charge in [-0.05, 0) is 11.6 Å². The molecule has 0 aliphatic rings. The fourth-order valence-corrected chi connectivity index (χ4v) is 1.18. The molecule has 0 saturated carbocycles. The van der Waals surface area contributed by atoms with Crippen LogP contribution in [0.3, 0.4) is 0 Å². The van der Waals surface area contributed by atoms with Crippen LogP contribution in [0.2, 0.25) is 0 Å². The summed E-state index contributed by atoms with van der Waals surface area (Å²) >= 11 is 0. The van der Waals surface area contributed by atoms with Crippen molar-refractivity contribution in [2.24, 2.45) is 0 Å². The topological polar surface area (TPSA) is 50.1 Å². The second kappa shape index (κ2) is 7.64. The normalized spacial score (nSPS) is 10.9. The maximum atomic E-state index is 11.4. The number of nitriles is 1. The minimum atomic E-state index is -0.643. The molecule has 0 atom stereocenters. The molecule has 0 unspecified atom stereocenters. The molecule has 90 valence electrons. The van der Waals surface area contributed by atoms with Gasteiger partial charge in [-0.25, -0.2) is 4.79 Å². The summed E-state index contributed by atoms with van der Waals surface area (Å²) in [5, 5.41) is 8.81. The van der Waals surface area contributed by atoms with E-state index < -0.39 is 5.97 Å². The van der Waals surface area contributed by atoms with Crippen LogP contribution in [-0.2, 0) is 9.53 Å². The Morgan fingerprint density at radius 1 is 1.39 bits per heavy atom. The summed E-state index contributed by atoms with van der Waals surface area (Å²) in [5.41, 5.74) is 0.953. The van der Waals surface area contributed by atoms with Gasteiger partial charge in [0.05, 0.1) is 0 Å². The Hall–Kier alpha value is -2.60. The number of rotatable bonds is 5. The molecule has 1 aromatic rings. The van der Waals surface area contributed by atoms with Crippen LogP contribution in [0.1, 0.15) is 5.56 Å². The van der Waals surface area contributed by atoms with Crippen molar-refractivity contribution in [2.75, 3.05) is 6.61 Å². The van der Waals surface area contributed by atoms with Gasteiger partial charge in [-0.2, -0.15) is 5.26 Å². The average Bonchev–Trinajstić information content (AvgIpc) is 2.42. The average molecular weight is 239 g/mol. The second-order valence-corrected chi connectivity index (χ2v) is 3.35. The Morgan fingerprint density at radius 2 is 2.11 bits per heavy atom. The summed E-state index contributed by atoms with van der Waals surface area (Å²) < 4.78 is 4.77. The molecule has 0 amide bonds. The van der Waals surface area contributed by atoms with E-state index in [0.717, 1.165) is 5.56 Å². The molecule has 0 bridgehead atoms. The summed E-state index contributed by atoms with van der Waals surface area (Å²) in [7, 11) is 0. The van der Waals surface area contributed by atoms with Crippen LogP contribution < -0.4 is 0 Å². The zero-order chi connectivity index (χ0) is 13.2. The fourth-order valence-electron chi connectivity index (χ4n) is 1.18. The first-order valence-electron chi connectivity index (χ1n) is 5.39. The Kier molecular flexibility index (Phi) is 5.71. The van der Waals surface area contributed by atoms with Gasteiger partial charge in [0.15, 0.2) is 0 Å². The van der Waals surface area contributed by atoms with E-state index >= 15 is 0 Å². The van der Waals surface area contributed by atoms with E-state index in [9.17, 15) is 4.79 Å². The smallest absolute Gasteiger partial charge is 0.349 e. The van der Waals surface area contributed by atoms with Crippen LogP contribution in [0.4, 0.5) is 0 Å². The van der Waals surface area contributed by atoms with E-state index in [-0.39, 0.29) is 12.2 Å². The third-order valence-corrected chi connectivity index (χ3v) is 2.02. The fraction of sp³-hybridized carbons (Fsp3) is 0.0667. The summed E-state index contributed by atoms with van der Waals surface area (Å²) in [6.45, 7) is 3.52. The van der Waals surface area contributed by atoms with E-state index in [4.69, 9.17) is 10.00 Å². The van der Waals surface area contributed by atoms with Crippen LogP contribution in [0.5, 0.6) is 0 Å². The third kappa shape index (κ3) is 4.50. The molecular weight excluding hydrogens is 226 g/mol. The van der Waals surface area contributed by atoms with Gasteiger partial charge < -0.3 is 4.74 Å². The first-order valence-corrected chi connectivity index (χ1v) is 5.39. The molecule has 3 nitrogen and oxygen atoms in total. The number of hydrogen-bond acceptors (Lipinski definition) is 3. The van der Waals surface area contributed by atoms with E-state index in [1.54, 1.807) is 18.2 Å². The number of carbonyl (C=O) groups excluding carboxylic acids is 1. The summed E-state index contributed by atoms with van der Waals surface area (Å²) in [6.07, 6.45) is 6.33. The highest BCUT2D eigenvalue weighted by atomic mass is 16.5. The number of carbonyl (C=O) groups is 1. The van der Waals surface area contributed by atoms with Crippen molar-refractivity contribution in [2.45, 2.75) is 0 Å². The van der Waals surface area contributed by atoms with Crippen LogP contribution in [0, 0.1) is 11.3 Å². The SMILES string of the molecule is C=CCOC(=O)/C(C#N)=C\C=C\c1ccccc1. The highest BCUT2D eigenvalue weighted by Gasteiger charge is 2.07. The Bertz CT molecular complexity index is 507. The molecule has 3 heteroatoms. The third-order valence-electron chi connectivity index (χ3n) is 2.02. The number of benzene rings is 1. The molecule has 0 heterocycles. The van der Waals surface area contributed by atoms with Crippen molar-refractivity contribution in [1.82, 2.24) is 0 Å². The summed E-state index contributed by atoms with van der Waals surface area (Å²) in [6, 6.07) is 11.4. The maximum Gasteiger partial charge on any atom is 0.349 e. The molecule has 0 aliphatic carbocycles. The van der Waals surface area contributed by atoms with Crippen molar-refractivity contribution in [1.29, 1.82) is 5.26 Å². The zero-order valence-electron chi connectivity index (χ0n) is 9.87. The Labute approximate surface area is 106 Å². The highest BCUT2D eigenvalue weighted by molar-refractivity contribution is 5.93. The van der Waals surface area contributed by atoms with Gasteiger partial charge in [-0.1, -0.05) is 55.1 Å². The monoisotopic (exact) mass is 239 g/mol. The standard InChI is InChI=1S/C15H13NO2/c1-2-11-18-15(17)14(12-16)10-6-9-13-7-4-3-5-8-13/h2-10H,1,11H2/b9-6+,14-10-. The molecular formula is C15H13NO2. The predicted octanol–water partition coefficient (Wildman–Crippen LogP) is 2.88. The van der Waals surface area contributed by atoms with Crippen molar-refractivity contribution >= 4 is 12.0 Å². The number of hydrogen-bond donors (Lipinski definition) is 0. The van der Waals surface area contributed by atoms with Gasteiger partial charge in [0.25, 0.3) is 0 Å². The molecule has 0 aliphatic heterocycles. The van der Waals surface area contributed by atoms with Gasteiger partial charge in [0.2, 0.25) is 0 Å². The molecule has 0 radical (unpaired) electrons. The first-order chi connectivity index (χ1) is 8.77. The van der Waals surface area contributed by atoms with Crippen LogP contribution >= 0.6 is 0 Å². The maximum absolute atomic E-state index is 11.4. The Balaban J connectivity index is 2.69. The lowest BCUT2D eigenvalue weighted by Gasteiger charge is -1.98. The van der Waals surface area contributed by atoms with Crippen LogP contribution in [0.15, 0.2) is 60.7 Å². The number of allylic oxidation sites excluding steroid dienone is 2. The molecule has 1 aromatic carbocycles. The van der Waals surface area contributed by atoms with Gasteiger partial charge >= 0.3 is 5.97 Å². The first kappa shape index (κ1) is 13.5. The molecule has 0 aromatic heterocycles. The van der Waals surface area contributed by atoms with Gasteiger partial charge in [0, 0.05) is 0 Å². The predicted molar refractivity (Wildman–Crippen MR) is 70.3 cm³/mol. The van der Waals surface area contributed by atoms with E-state index in [2.05, 4.69) is 6.58 Å². The largest absolute Gasteiger partial charge is 0.457 e. The minimum Gasteiger partial charge on any atom is -0.457 e. The summed E-state index contributed by atoms with van der Waals surface area (Å²) in [5.74, 6) is -0.643. The van der Waals surface area contributed by atoms with Gasteiger partial charge in [-0.15, -0.1) is 0 Å². The lowest BCUT2D eigenvalue weighted by Crippen LogP contribution is -2.06. The summed E-state index contributed by atoms with van der Waals surface area (Å²) in [4.78, 5) is 11.4. The molecule has 0 N–H and O–H groups in total. The molecule has 0 fully saturated rings. The Morgan fingerprint density at radius 3 is 2.72 bits per heavy atom. The quantitative estimate of drug-likeness (QED) is 0.261. The lowest BCUT2D eigenvalue weighted by atomic mass is 10.2. The highest BCUT2D eigenvalue weighted by Crippen LogP contribution is 2.03. The molecule has 1 rings (SSSR count). The number of esters is 1. The second-order valence-electron chi connectivity index (χ2n) is 3.35. The number of ether oxygens (including phenoxy) is 1. The zero-order valence-corrected chi connectivity index (χ0v) is 9.87. The van der Waals surface area contributed by atoms with E-state index in [1.807, 2.05) is 30.3 Å². The van der Waals surface area contributed by atoms with E-state index in [0.29, 0.717) is 0 Å². The van der Waals surface area contributed by atoms with Crippen molar-refractivity contribution in [3.8, 4) is 6.07 Å². The minimum absolute atomic E-state index is 0.0379. The molecule has 0 saturated heterocycles. The lowest BCUT2D eigenvalue weighted by molar-refractivity contribution is -0.137.